The fourth-order valence-electron chi connectivity index (χ4n) is 2.84. The molecule has 8 heteroatoms. The van der Waals surface area contributed by atoms with Crippen molar-refractivity contribution in [2.75, 3.05) is 40.4 Å². The van der Waals surface area contributed by atoms with E-state index in [0.29, 0.717) is 31.8 Å². The molecule has 0 atom stereocenters. The molecule has 1 aliphatic rings. The molecule has 0 unspecified atom stereocenters. The lowest BCUT2D eigenvalue weighted by molar-refractivity contribution is -0.134. The summed E-state index contributed by atoms with van der Waals surface area (Å²) in [5, 5.41) is 0. The third-order valence-corrected chi connectivity index (χ3v) is 6.17. The van der Waals surface area contributed by atoms with Crippen LogP contribution in [0.25, 0.3) is 0 Å². The van der Waals surface area contributed by atoms with Crippen LogP contribution in [-0.4, -0.2) is 63.9 Å². The lowest BCUT2D eigenvalue weighted by Crippen LogP contribution is -2.39. The number of methoxy groups -OCH3 is 2. The summed E-state index contributed by atoms with van der Waals surface area (Å²) in [5.41, 5.74) is 0. The van der Waals surface area contributed by atoms with E-state index in [0.717, 1.165) is 0 Å². The van der Waals surface area contributed by atoms with Crippen LogP contribution >= 0.6 is 0 Å². The molecule has 0 bridgehead atoms. The first-order valence-corrected chi connectivity index (χ1v) is 9.76. The van der Waals surface area contributed by atoms with Crippen LogP contribution in [0.3, 0.4) is 0 Å². The van der Waals surface area contributed by atoms with Gasteiger partial charge >= 0.3 is 0 Å². The lowest BCUT2D eigenvalue weighted by Gasteiger charge is -2.24. The number of hydrogen-bond acceptors (Lipinski definition) is 5. The fraction of sp³-hybridized carbons (Fsp3) is 0.588. The van der Waals surface area contributed by atoms with Crippen LogP contribution in [0.15, 0.2) is 23.1 Å². The quantitative estimate of drug-likeness (QED) is 0.787. The van der Waals surface area contributed by atoms with E-state index in [4.69, 9.17) is 9.47 Å². The molecule has 1 aliphatic heterocycles. The Morgan fingerprint density at radius 2 is 1.80 bits per heavy atom. The van der Waals surface area contributed by atoms with Crippen LogP contribution < -0.4 is 9.47 Å². The maximum Gasteiger partial charge on any atom is 0.246 e. The summed E-state index contributed by atoms with van der Waals surface area (Å²) in [5.74, 6) is 0.686. The molecule has 1 fully saturated rings. The molecule has 140 valence electrons. The van der Waals surface area contributed by atoms with Crippen LogP contribution in [0.1, 0.15) is 20.3 Å². The van der Waals surface area contributed by atoms with Crippen molar-refractivity contribution in [3.8, 4) is 11.5 Å². The van der Waals surface area contributed by atoms with Crippen molar-refractivity contribution in [3.05, 3.63) is 18.2 Å². The minimum absolute atomic E-state index is 0.0539. The third-order valence-electron chi connectivity index (χ3n) is 4.25. The first kappa shape index (κ1) is 19.5. The highest BCUT2D eigenvalue weighted by Gasteiger charge is 2.31. The van der Waals surface area contributed by atoms with Crippen LogP contribution in [0.2, 0.25) is 0 Å². The lowest BCUT2D eigenvalue weighted by atomic mass is 10.2. The summed E-state index contributed by atoms with van der Waals surface area (Å²) >= 11 is 0. The molecule has 7 nitrogen and oxygen atoms in total. The number of nitrogens with zero attached hydrogens (tertiary/aromatic N) is 2. The van der Waals surface area contributed by atoms with Gasteiger partial charge in [0.15, 0.2) is 0 Å². The number of carbonyl (C=O) groups is 1. The molecule has 1 saturated heterocycles. The standard InChI is InChI=1S/C17H26N2O5S/c1-13(2)17(20)18-8-5-9-19(11-10-18)25(21,22)16-12-14(23-3)6-7-15(16)24-4/h6-7,12-13H,5,8-11H2,1-4H3. The fourth-order valence-corrected chi connectivity index (χ4v) is 4.48. The second-order valence-electron chi connectivity index (χ2n) is 6.25. The van der Waals surface area contributed by atoms with Gasteiger partial charge < -0.3 is 14.4 Å². The van der Waals surface area contributed by atoms with Crippen molar-refractivity contribution in [3.63, 3.8) is 0 Å². The Kier molecular flexibility index (Phi) is 6.29. The van der Waals surface area contributed by atoms with E-state index in [1.165, 1.54) is 24.6 Å². The Morgan fingerprint density at radius 3 is 2.40 bits per heavy atom. The van der Waals surface area contributed by atoms with E-state index in [9.17, 15) is 13.2 Å². The van der Waals surface area contributed by atoms with Crippen molar-refractivity contribution >= 4 is 15.9 Å². The SMILES string of the molecule is COc1ccc(OC)c(S(=O)(=O)N2CCCN(C(=O)C(C)C)CC2)c1. The number of benzene rings is 1. The van der Waals surface area contributed by atoms with E-state index in [2.05, 4.69) is 0 Å². The molecule has 0 saturated carbocycles. The topological polar surface area (TPSA) is 76.2 Å². The van der Waals surface area contributed by atoms with E-state index in [1.54, 1.807) is 17.0 Å². The van der Waals surface area contributed by atoms with Gasteiger partial charge in [0, 0.05) is 38.2 Å². The molecule has 1 amide bonds. The Bertz CT molecular complexity index is 718. The van der Waals surface area contributed by atoms with Crippen molar-refractivity contribution in [2.45, 2.75) is 25.2 Å². The molecular formula is C17H26N2O5S. The second kappa shape index (κ2) is 8.05. The van der Waals surface area contributed by atoms with Crippen LogP contribution in [0.5, 0.6) is 11.5 Å². The predicted molar refractivity (Wildman–Crippen MR) is 94.3 cm³/mol. The Hall–Kier alpha value is -1.80. The van der Waals surface area contributed by atoms with Gasteiger partial charge in [-0.2, -0.15) is 4.31 Å². The number of carbonyl (C=O) groups excluding carboxylic acids is 1. The number of hydrogen-bond donors (Lipinski definition) is 0. The number of rotatable bonds is 5. The molecule has 0 radical (unpaired) electrons. The minimum atomic E-state index is -3.74. The maximum absolute atomic E-state index is 13.1. The maximum atomic E-state index is 13.1. The van der Waals surface area contributed by atoms with Gasteiger partial charge in [-0.3, -0.25) is 4.79 Å². The van der Waals surface area contributed by atoms with Gasteiger partial charge in [0.25, 0.3) is 0 Å². The largest absolute Gasteiger partial charge is 0.497 e. The van der Waals surface area contributed by atoms with Gasteiger partial charge in [-0.15, -0.1) is 0 Å². The minimum Gasteiger partial charge on any atom is -0.497 e. The van der Waals surface area contributed by atoms with Crippen molar-refractivity contribution in [1.82, 2.24) is 9.21 Å². The average Bonchev–Trinajstić information content (AvgIpc) is 2.86. The van der Waals surface area contributed by atoms with E-state index in [-0.39, 0.29) is 29.0 Å². The smallest absolute Gasteiger partial charge is 0.246 e. The molecule has 1 aromatic rings. The van der Waals surface area contributed by atoms with Gasteiger partial charge in [-0.1, -0.05) is 13.8 Å². The normalized spacial score (nSPS) is 16.6. The zero-order valence-electron chi connectivity index (χ0n) is 15.2. The highest BCUT2D eigenvalue weighted by molar-refractivity contribution is 7.89. The highest BCUT2D eigenvalue weighted by Crippen LogP contribution is 2.31. The number of amides is 1. The van der Waals surface area contributed by atoms with E-state index < -0.39 is 10.0 Å². The summed E-state index contributed by atoms with van der Waals surface area (Å²) in [6.07, 6.45) is 0.601. The molecule has 0 aliphatic carbocycles. The first-order valence-electron chi connectivity index (χ1n) is 8.32. The van der Waals surface area contributed by atoms with Gasteiger partial charge in [-0.05, 0) is 18.6 Å². The predicted octanol–water partition coefficient (Wildman–Crippen LogP) is 1.58. The van der Waals surface area contributed by atoms with Crippen molar-refractivity contribution in [2.24, 2.45) is 5.92 Å². The summed E-state index contributed by atoms with van der Waals surface area (Å²) in [6.45, 7) is 5.29. The molecule has 2 rings (SSSR count). The van der Waals surface area contributed by atoms with Gasteiger partial charge in [0.2, 0.25) is 15.9 Å². The van der Waals surface area contributed by atoms with E-state index >= 15 is 0 Å². The summed E-state index contributed by atoms with van der Waals surface area (Å²) < 4.78 is 37.9. The summed E-state index contributed by atoms with van der Waals surface area (Å²) in [4.78, 5) is 14.0. The molecule has 1 aromatic carbocycles. The molecule has 25 heavy (non-hydrogen) atoms. The Balaban J connectivity index is 2.27. The molecule has 1 heterocycles. The molecule has 0 spiro atoms. The zero-order valence-corrected chi connectivity index (χ0v) is 16.0. The van der Waals surface area contributed by atoms with Gasteiger partial charge in [0.1, 0.15) is 16.4 Å². The second-order valence-corrected chi connectivity index (χ2v) is 8.16. The highest BCUT2D eigenvalue weighted by atomic mass is 32.2. The molecular weight excluding hydrogens is 344 g/mol. The van der Waals surface area contributed by atoms with Crippen LogP contribution in [0.4, 0.5) is 0 Å². The Labute approximate surface area is 149 Å². The number of ether oxygens (including phenoxy) is 2. The van der Waals surface area contributed by atoms with E-state index in [1.807, 2.05) is 13.8 Å². The first-order chi connectivity index (χ1) is 11.8. The Morgan fingerprint density at radius 1 is 1.08 bits per heavy atom. The molecule has 0 aromatic heterocycles. The van der Waals surface area contributed by atoms with Gasteiger partial charge in [-0.25, -0.2) is 8.42 Å². The van der Waals surface area contributed by atoms with Crippen molar-refractivity contribution < 1.29 is 22.7 Å². The zero-order chi connectivity index (χ0) is 18.6. The van der Waals surface area contributed by atoms with Gasteiger partial charge in [0.05, 0.1) is 14.2 Å². The summed E-state index contributed by atoms with van der Waals surface area (Å²) in [6, 6.07) is 4.71. The van der Waals surface area contributed by atoms with Crippen LogP contribution in [0, 0.1) is 5.92 Å². The summed E-state index contributed by atoms with van der Waals surface area (Å²) in [7, 11) is -0.817. The van der Waals surface area contributed by atoms with Crippen molar-refractivity contribution in [1.29, 1.82) is 0 Å². The monoisotopic (exact) mass is 370 g/mol. The van der Waals surface area contributed by atoms with Crippen LogP contribution in [-0.2, 0) is 14.8 Å². The number of sulfonamides is 1. The third kappa shape index (κ3) is 4.24. The average molecular weight is 370 g/mol. The molecule has 0 N–H and O–H groups in total.